The summed E-state index contributed by atoms with van der Waals surface area (Å²) >= 11 is 0. The minimum absolute atomic E-state index is 0.128. The minimum Gasteiger partial charge on any atom is -0.383 e. The molecular formula is C15H21NO4. The van der Waals surface area contributed by atoms with E-state index in [9.17, 15) is 9.59 Å². The van der Waals surface area contributed by atoms with Crippen molar-refractivity contribution >= 4 is 11.7 Å². The zero-order chi connectivity index (χ0) is 14.8. The van der Waals surface area contributed by atoms with Crippen LogP contribution in [0.2, 0.25) is 0 Å². The van der Waals surface area contributed by atoms with Crippen molar-refractivity contribution < 1.29 is 19.1 Å². The van der Waals surface area contributed by atoms with Crippen LogP contribution in [0.5, 0.6) is 0 Å². The molecule has 0 N–H and O–H groups in total. The van der Waals surface area contributed by atoms with Gasteiger partial charge in [-0.25, -0.2) is 0 Å². The van der Waals surface area contributed by atoms with E-state index in [4.69, 9.17) is 9.47 Å². The molecule has 110 valence electrons. The molecule has 0 aromatic heterocycles. The largest absolute Gasteiger partial charge is 0.383 e. The molecule has 0 aliphatic carbocycles. The van der Waals surface area contributed by atoms with E-state index in [0.29, 0.717) is 31.9 Å². The van der Waals surface area contributed by atoms with E-state index in [1.165, 1.54) is 0 Å². The Morgan fingerprint density at radius 2 is 1.55 bits per heavy atom. The molecule has 0 heterocycles. The molecule has 1 rings (SSSR count). The van der Waals surface area contributed by atoms with E-state index in [-0.39, 0.29) is 18.1 Å². The second kappa shape index (κ2) is 9.23. The molecule has 0 radical (unpaired) electrons. The Bertz CT molecular complexity index is 411. The Morgan fingerprint density at radius 1 is 1.00 bits per heavy atom. The van der Waals surface area contributed by atoms with Gasteiger partial charge in [-0.3, -0.25) is 9.59 Å². The Morgan fingerprint density at radius 3 is 2.05 bits per heavy atom. The molecule has 0 saturated carbocycles. The lowest BCUT2D eigenvalue weighted by molar-refractivity contribution is -0.131. The molecule has 5 nitrogen and oxygen atoms in total. The van der Waals surface area contributed by atoms with Crippen LogP contribution in [-0.4, -0.2) is 57.1 Å². The molecule has 20 heavy (non-hydrogen) atoms. The van der Waals surface area contributed by atoms with E-state index >= 15 is 0 Å². The van der Waals surface area contributed by atoms with Gasteiger partial charge in [-0.05, 0) is 0 Å². The van der Waals surface area contributed by atoms with Gasteiger partial charge in [-0.1, -0.05) is 30.3 Å². The molecule has 1 amide bonds. The predicted molar refractivity (Wildman–Crippen MR) is 75.7 cm³/mol. The zero-order valence-electron chi connectivity index (χ0n) is 12.0. The fourth-order valence-electron chi connectivity index (χ4n) is 1.74. The summed E-state index contributed by atoms with van der Waals surface area (Å²) in [5, 5.41) is 0. The summed E-state index contributed by atoms with van der Waals surface area (Å²) in [6.07, 6.45) is -0.128. The van der Waals surface area contributed by atoms with E-state index in [0.717, 1.165) is 0 Å². The topological polar surface area (TPSA) is 55.8 Å². The lowest BCUT2D eigenvalue weighted by atomic mass is 10.1. The van der Waals surface area contributed by atoms with Crippen LogP contribution in [-0.2, 0) is 14.3 Å². The van der Waals surface area contributed by atoms with E-state index in [1.54, 1.807) is 43.4 Å². The van der Waals surface area contributed by atoms with Crippen LogP contribution in [0.25, 0.3) is 0 Å². The molecule has 5 heteroatoms. The highest BCUT2D eigenvalue weighted by atomic mass is 16.5. The molecule has 0 fully saturated rings. The third kappa shape index (κ3) is 5.50. The molecular weight excluding hydrogens is 258 g/mol. The lowest BCUT2D eigenvalue weighted by Crippen LogP contribution is -2.37. The van der Waals surface area contributed by atoms with Crippen molar-refractivity contribution in [1.82, 2.24) is 4.90 Å². The van der Waals surface area contributed by atoms with Crippen LogP contribution in [0, 0.1) is 0 Å². The summed E-state index contributed by atoms with van der Waals surface area (Å²) in [7, 11) is 3.15. The number of nitrogens with zero attached hydrogens (tertiary/aromatic N) is 1. The summed E-state index contributed by atoms with van der Waals surface area (Å²) in [6.45, 7) is 1.80. The normalized spacial score (nSPS) is 10.3. The van der Waals surface area contributed by atoms with Gasteiger partial charge in [0.15, 0.2) is 5.78 Å². The molecule has 0 bridgehead atoms. The number of benzene rings is 1. The van der Waals surface area contributed by atoms with Crippen molar-refractivity contribution in [2.75, 3.05) is 40.5 Å². The summed E-state index contributed by atoms with van der Waals surface area (Å²) in [5.41, 5.74) is 0.555. The zero-order valence-corrected chi connectivity index (χ0v) is 12.0. The molecule has 0 aliphatic heterocycles. The van der Waals surface area contributed by atoms with Crippen LogP contribution < -0.4 is 0 Å². The maximum atomic E-state index is 12.1. The summed E-state index contributed by atoms with van der Waals surface area (Å²) in [4.78, 5) is 25.7. The van der Waals surface area contributed by atoms with Crippen molar-refractivity contribution in [2.45, 2.75) is 6.42 Å². The van der Waals surface area contributed by atoms with Crippen molar-refractivity contribution in [3.05, 3.63) is 35.9 Å². The number of amides is 1. The average molecular weight is 279 g/mol. The molecule has 1 aromatic carbocycles. The second-order valence-corrected chi connectivity index (χ2v) is 4.33. The molecule has 0 unspecified atom stereocenters. The number of hydrogen-bond donors (Lipinski definition) is 0. The van der Waals surface area contributed by atoms with Crippen LogP contribution in [0.15, 0.2) is 30.3 Å². The van der Waals surface area contributed by atoms with Gasteiger partial charge in [0.2, 0.25) is 5.91 Å². The van der Waals surface area contributed by atoms with Crippen LogP contribution in [0.4, 0.5) is 0 Å². The van der Waals surface area contributed by atoms with Gasteiger partial charge in [0.1, 0.15) is 0 Å². The smallest absolute Gasteiger partial charge is 0.230 e. The number of ketones is 1. The Hall–Kier alpha value is -1.72. The Kier molecular flexibility index (Phi) is 7.54. The molecule has 0 spiro atoms. The predicted octanol–water partition coefficient (Wildman–Crippen LogP) is 1.38. The highest BCUT2D eigenvalue weighted by Gasteiger charge is 2.17. The molecule has 0 atom stereocenters. The van der Waals surface area contributed by atoms with Crippen molar-refractivity contribution in [3.8, 4) is 0 Å². The molecule has 0 aliphatic rings. The van der Waals surface area contributed by atoms with Crippen LogP contribution >= 0.6 is 0 Å². The van der Waals surface area contributed by atoms with E-state index in [1.807, 2.05) is 6.07 Å². The first kappa shape index (κ1) is 16.3. The highest BCUT2D eigenvalue weighted by molar-refractivity contribution is 6.07. The van der Waals surface area contributed by atoms with Crippen LogP contribution in [0.3, 0.4) is 0 Å². The number of hydrogen-bond acceptors (Lipinski definition) is 4. The van der Waals surface area contributed by atoms with Gasteiger partial charge in [-0.2, -0.15) is 0 Å². The van der Waals surface area contributed by atoms with Gasteiger partial charge in [0.05, 0.1) is 19.6 Å². The first-order valence-electron chi connectivity index (χ1n) is 6.53. The van der Waals surface area contributed by atoms with Gasteiger partial charge in [0, 0.05) is 32.9 Å². The van der Waals surface area contributed by atoms with E-state index < -0.39 is 0 Å². The third-order valence-electron chi connectivity index (χ3n) is 2.89. The standard InChI is InChI=1S/C15H21NO4/c1-19-10-8-16(9-11-20-2)15(18)12-14(17)13-6-4-3-5-7-13/h3-7H,8-12H2,1-2H3. The maximum absolute atomic E-state index is 12.1. The molecule has 0 saturated heterocycles. The van der Waals surface area contributed by atoms with Gasteiger partial charge in [-0.15, -0.1) is 0 Å². The summed E-state index contributed by atoms with van der Waals surface area (Å²) in [6, 6.07) is 8.83. The number of carbonyl (C=O) groups is 2. The maximum Gasteiger partial charge on any atom is 0.230 e. The summed E-state index contributed by atoms with van der Waals surface area (Å²) in [5.74, 6) is -0.372. The minimum atomic E-state index is -0.201. The van der Waals surface area contributed by atoms with Crippen molar-refractivity contribution in [1.29, 1.82) is 0 Å². The fraction of sp³-hybridized carbons (Fsp3) is 0.467. The second-order valence-electron chi connectivity index (χ2n) is 4.33. The number of methoxy groups -OCH3 is 2. The lowest BCUT2D eigenvalue weighted by Gasteiger charge is -2.21. The number of rotatable bonds is 9. The molecule has 1 aromatic rings. The summed E-state index contributed by atoms with van der Waals surface area (Å²) < 4.78 is 9.94. The van der Waals surface area contributed by atoms with Gasteiger partial charge >= 0.3 is 0 Å². The Labute approximate surface area is 119 Å². The van der Waals surface area contributed by atoms with Crippen LogP contribution in [0.1, 0.15) is 16.8 Å². The van der Waals surface area contributed by atoms with Crippen molar-refractivity contribution in [2.24, 2.45) is 0 Å². The number of ether oxygens (including phenoxy) is 2. The first-order valence-corrected chi connectivity index (χ1v) is 6.53. The van der Waals surface area contributed by atoms with Gasteiger partial charge < -0.3 is 14.4 Å². The van der Waals surface area contributed by atoms with Crippen molar-refractivity contribution in [3.63, 3.8) is 0 Å². The number of carbonyl (C=O) groups excluding carboxylic acids is 2. The monoisotopic (exact) mass is 279 g/mol. The van der Waals surface area contributed by atoms with Gasteiger partial charge in [0.25, 0.3) is 0 Å². The average Bonchev–Trinajstić information content (AvgIpc) is 2.48. The fourth-order valence-corrected chi connectivity index (χ4v) is 1.74. The Balaban J connectivity index is 2.58. The number of Topliss-reactive ketones (excluding diaryl/α,β-unsaturated/α-hetero) is 1. The third-order valence-corrected chi connectivity index (χ3v) is 2.89. The van der Waals surface area contributed by atoms with E-state index in [2.05, 4.69) is 0 Å². The quantitative estimate of drug-likeness (QED) is 0.506. The first-order chi connectivity index (χ1) is 9.69. The highest BCUT2D eigenvalue weighted by Crippen LogP contribution is 2.05. The SMILES string of the molecule is COCCN(CCOC)C(=O)CC(=O)c1ccccc1.